The van der Waals surface area contributed by atoms with Crippen molar-refractivity contribution in [1.29, 1.82) is 0 Å². The second-order valence-electron chi connectivity index (χ2n) is 13.8. The van der Waals surface area contributed by atoms with E-state index in [-0.39, 0.29) is 11.6 Å². The lowest BCUT2D eigenvalue weighted by atomic mass is 9.91. The zero-order chi connectivity index (χ0) is 38.7. The molecule has 3 nitrogen and oxygen atoms in total. The first-order valence-corrected chi connectivity index (χ1v) is 19.0. The first-order valence-electron chi connectivity index (χ1n) is 19.0. The summed E-state index contributed by atoms with van der Waals surface area (Å²) in [4.78, 5) is 24.9. The van der Waals surface area contributed by atoms with E-state index in [0.29, 0.717) is 0 Å². The van der Waals surface area contributed by atoms with Gasteiger partial charge in [-0.15, -0.1) is 0 Å². The van der Waals surface area contributed by atoms with Crippen molar-refractivity contribution in [2.45, 2.75) is 160 Å². The maximum atomic E-state index is 13.4. The van der Waals surface area contributed by atoms with Crippen LogP contribution in [0, 0.1) is 12.8 Å². The smallest absolute Gasteiger partial charge is 0.159 e. The van der Waals surface area contributed by atoms with Gasteiger partial charge in [0.1, 0.15) is 11.5 Å². The number of hydrogen-bond donors (Lipinski definition) is 0. The topological polar surface area (TPSA) is 47.0 Å². The third-order valence-electron chi connectivity index (χ3n) is 8.21. The predicted molar refractivity (Wildman–Crippen MR) is 218 cm³/mol. The summed E-state index contributed by atoms with van der Waals surface area (Å²) in [6.07, 6.45) is 14.6. The van der Waals surface area contributed by atoms with Crippen LogP contribution in [0.3, 0.4) is 0 Å². The quantitative estimate of drug-likeness (QED) is 0.178. The van der Waals surface area contributed by atoms with Gasteiger partial charge >= 0.3 is 0 Å². The number of rotatable bonds is 12. The van der Waals surface area contributed by atoms with Gasteiger partial charge in [-0.05, 0) is 126 Å². The Balaban J connectivity index is 0. The average Bonchev–Trinajstić information content (AvgIpc) is 3.07. The molecule has 4 heteroatoms. The lowest BCUT2D eigenvalue weighted by Gasteiger charge is -2.14. The number of Topliss-reactive ketones (excluding diaryl/α,β-unsaturated/α-hetero) is 2. The maximum absolute atomic E-state index is 13.4. The van der Waals surface area contributed by atoms with Crippen LogP contribution in [0.4, 0.5) is 4.39 Å². The molecule has 0 N–H and O–H groups in total. The summed E-state index contributed by atoms with van der Waals surface area (Å²) < 4.78 is 13.4. The van der Waals surface area contributed by atoms with Crippen molar-refractivity contribution in [3.8, 4) is 0 Å². The molecule has 3 rings (SSSR count). The van der Waals surface area contributed by atoms with Crippen LogP contribution in [0.1, 0.15) is 173 Å². The Morgan fingerprint density at radius 2 is 1.32 bits per heavy atom. The molecule has 0 unspecified atom stereocenters. The monoisotopic (exact) mass is 690 g/mol. The Kier molecular flexibility index (Phi) is 27.6. The van der Waals surface area contributed by atoms with Gasteiger partial charge in [-0.3, -0.25) is 9.78 Å². The Bertz CT molecular complexity index is 1340. The Morgan fingerprint density at radius 1 is 0.780 bits per heavy atom. The molecular formula is C46H72FNO2. The normalized spacial score (nSPS) is 10.9. The minimum atomic E-state index is -1.22. The fourth-order valence-corrected chi connectivity index (χ4v) is 5.29. The van der Waals surface area contributed by atoms with Crippen LogP contribution >= 0.6 is 0 Å². The number of carbonyl (C=O) groups excluding carboxylic acids is 2. The third kappa shape index (κ3) is 23.1. The highest BCUT2D eigenvalue weighted by molar-refractivity contribution is 5.95. The first kappa shape index (κ1) is 48.7. The van der Waals surface area contributed by atoms with Crippen molar-refractivity contribution in [3.63, 3.8) is 0 Å². The summed E-state index contributed by atoms with van der Waals surface area (Å²) in [6.45, 7) is 27.6. The molecule has 3 aromatic rings. The summed E-state index contributed by atoms with van der Waals surface area (Å²) in [6, 6.07) is 17.7. The number of allylic oxidation sites excluding steroid dienone is 2. The van der Waals surface area contributed by atoms with E-state index in [2.05, 4.69) is 85.5 Å². The molecular weight excluding hydrogens is 618 g/mol. The molecule has 0 aliphatic rings. The molecule has 0 aliphatic heterocycles. The fraction of sp³-hybridized carbons (Fsp3) is 0.543. The molecule has 2 aromatic carbocycles. The van der Waals surface area contributed by atoms with Gasteiger partial charge in [0.15, 0.2) is 5.78 Å². The van der Waals surface area contributed by atoms with Gasteiger partial charge in [-0.2, -0.15) is 0 Å². The van der Waals surface area contributed by atoms with E-state index in [9.17, 15) is 14.0 Å². The second kappa shape index (κ2) is 28.3. The maximum Gasteiger partial charge on any atom is 0.159 e. The van der Waals surface area contributed by atoms with Gasteiger partial charge in [0.2, 0.25) is 0 Å². The number of ketones is 2. The van der Waals surface area contributed by atoms with Gasteiger partial charge in [0.05, 0.1) is 0 Å². The van der Waals surface area contributed by atoms with E-state index >= 15 is 0 Å². The van der Waals surface area contributed by atoms with E-state index in [1.54, 1.807) is 27.0 Å². The standard InChI is InChI=1S/C17H24O.C11H15F.C8H18.C7H9N.C3H6O/c1-6-8-12(3)16(7-2)17-11-15(14(5)18)10-9-13(17)4;1-4-9-5-7-10(8-6-9)11(2,3)12;1-4-6-8(3)7-5-2;1-2-7-4-3-5-8-6-7;1-3(2)4/h9-11H,6-8H2,1-5H3;5-8H,4H2,1-3H3;8H,4-7H2,1-3H3;3-6H,2H2,1H3;1-2H3/b16-12+;;;;. The van der Waals surface area contributed by atoms with Crippen molar-refractivity contribution < 1.29 is 14.0 Å². The number of halogens is 1. The van der Waals surface area contributed by atoms with Crippen LogP contribution in [0.15, 0.2) is 72.6 Å². The van der Waals surface area contributed by atoms with Crippen LogP contribution < -0.4 is 0 Å². The average molecular weight is 690 g/mol. The van der Waals surface area contributed by atoms with Crippen LogP contribution in [0.5, 0.6) is 0 Å². The molecule has 0 saturated heterocycles. The molecule has 0 saturated carbocycles. The third-order valence-corrected chi connectivity index (χ3v) is 8.21. The van der Waals surface area contributed by atoms with E-state index in [0.717, 1.165) is 42.7 Å². The van der Waals surface area contributed by atoms with Crippen molar-refractivity contribution in [2.75, 3.05) is 0 Å². The van der Waals surface area contributed by atoms with Gasteiger partial charge in [-0.1, -0.05) is 129 Å². The lowest BCUT2D eigenvalue weighted by molar-refractivity contribution is -0.115. The summed E-state index contributed by atoms with van der Waals surface area (Å²) in [5.41, 5.74) is 8.25. The number of aryl methyl sites for hydroxylation is 3. The fourth-order valence-electron chi connectivity index (χ4n) is 5.29. The van der Waals surface area contributed by atoms with E-state index in [1.807, 2.05) is 42.6 Å². The number of aromatic nitrogens is 1. The zero-order valence-corrected chi connectivity index (χ0v) is 34.4. The minimum Gasteiger partial charge on any atom is -0.300 e. The van der Waals surface area contributed by atoms with E-state index in [1.165, 1.54) is 79.4 Å². The number of alkyl halides is 1. The minimum absolute atomic E-state index is 0.139. The largest absolute Gasteiger partial charge is 0.300 e. The van der Waals surface area contributed by atoms with Crippen molar-refractivity contribution in [3.05, 3.63) is 106 Å². The summed E-state index contributed by atoms with van der Waals surface area (Å²) in [5, 5.41) is 0. The molecule has 0 fully saturated rings. The molecule has 0 aliphatic carbocycles. The lowest BCUT2D eigenvalue weighted by Crippen LogP contribution is -2.08. The molecule has 280 valence electrons. The number of nitrogens with zero attached hydrogens (tertiary/aromatic N) is 1. The number of benzene rings is 2. The number of carbonyl (C=O) groups is 2. The Hall–Kier alpha value is -3.40. The van der Waals surface area contributed by atoms with E-state index in [4.69, 9.17) is 0 Å². The van der Waals surface area contributed by atoms with Crippen LogP contribution in [0.2, 0.25) is 0 Å². The molecule has 0 amide bonds. The molecule has 0 atom stereocenters. The Morgan fingerprint density at radius 3 is 1.68 bits per heavy atom. The molecule has 50 heavy (non-hydrogen) atoms. The van der Waals surface area contributed by atoms with Crippen molar-refractivity contribution in [1.82, 2.24) is 4.98 Å². The van der Waals surface area contributed by atoms with E-state index < -0.39 is 5.67 Å². The number of pyridine rings is 1. The van der Waals surface area contributed by atoms with Crippen LogP contribution in [0.25, 0.3) is 5.57 Å². The first-order chi connectivity index (χ1) is 23.5. The molecule has 1 aromatic heterocycles. The van der Waals surface area contributed by atoms with Gasteiger partial charge in [-0.25, -0.2) is 4.39 Å². The van der Waals surface area contributed by atoms with Gasteiger partial charge < -0.3 is 4.79 Å². The van der Waals surface area contributed by atoms with Crippen molar-refractivity contribution in [2.24, 2.45) is 5.92 Å². The molecule has 0 bridgehead atoms. The summed E-state index contributed by atoms with van der Waals surface area (Å²) >= 11 is 0. The highest BCUT2D eigenvalue weighted by Gasteiger charge is 2.17. The second-order valence-corrected chi connectivity index (χ2v) is 13.8. The van der Waals surface area contributed by atoms with Crippen molar-refractivity contribution >= 4 is 17.1 Å². The summed E-state index contributed by atoms with van der Waals surface area (Å²) in [5.74, 6) is 1.27. The zero-order valence-electron chi connectivity index (χ0n) is 34.4. The van der Waals surface area contributed by atoms with Gasteiger partial charge in [0, 0.05) is 18.0 Å². The Labute approximate surface area is 307 Å². The molecule has 0 spiro atoms. The SMILES string of the molecule is CC(C)=O.CCC/C(C)=C(\CC)c1cc(C(C)=O)ccc1C.CCCC(C)CCC.CCc1ccc(C(C)(C)F)cc1.CCc1cccnc1. The highest BCUT2D eigenvalue weighted by Crippen LogP contribution is 2.28. The number of hydrogen-bond acceptors (Lipinski definition) is 3. The van der Waals surface area contributed by atoms with Crippen LogP contribution in [-0.2, 0) is 23.3 Å². The predicted octanol–water partition coefficient (Wildman–Crippen LogP) is 14.1. The van der Waals surface area contributed by atoms with Gasteiger partial charge in [0.25, 0.3) is 0 Å². The van der Waals surface area contributed by atoms with Crippen LogP contribution in [-0.4, -0.2) is 16.6 Å². The molecule has 1 heterocycles. The summed E-state index contributed by atoms with van der Waals surface area (Å²) in [7, 11) is 0. The molecule has 0 radical (unpaired) electrons. The highest BCUT2D eigenvalue weighted by atomic mass is 19.1.